The molecule has 0 fully saturated rings. The number of amides is 2. The number of nitrogens with one attached hydrogen (secondary N) is 2. The van der Waals surface area contributed by atoms with Gasteiger partial charge in [0.15, 0.2) is 5.13 Å². The monoisotopic (exact) mass is 521 g/mol. The lowest BCUT2D eigenvalue weighted by Crippen LogP contribution is -2.34. The van der Waals surface area contributed by atoms with Gasteiger partial charge in [0.05, 0.1) is 23.3 Å². The standard InChI is InChI=1S/C27H27N3O4S2/c1-16-10-12-18(13-11-16)24-17(2)36-27(30-24)29-23(31)15-35-20-7-5-6-19(14-20)28-25(32)21-8-3-4-9-22(21)26(33)34/h3-7,10-14,21-22H,8-9,15H2,1-2H3,(H,28,32)(H,33,34)(H,29,30,31). The molecule has 0 bridgehead atoms. The fourth-order valence-corrected chi connectivity index (χ4v) is 5.62. The number of carbonyl (C=O) groups is 3. The third-order valence-electron chi connectivity index (χ3n) is 5.93. The molecule has 0 saturated heterocycles. The van der Waals surface area contributed by atoms with Crippen LogP contribution in [-0.2, 0) is 14.4 Å². The van der Waals surface area contributed by atoms with Crippen LogP contribution in [0.1, 0.15) is 23.3 Å². The molecule has 1 heterocycles. The van der Waals surface area contributed by atoms with E-state index in [2.05, 4.69) is 15.6 Å². The molecule has 4 rings (SSSR count). The van der Waals surface area contributed by atoms with E-state index >= 15 is 0 Å². The normalized spacial score (nSPS) is 16.9. The number of carbonyl (C=O) groups excluding carboxylic acids is 2. The van der Waals surface area contributed by atoms with Crippen LogP contribution >= 0.6 is 23.1 Å². The van der Waals surface area contributed by atoms with Gasteiger partial charge < -0.3 is 15.7 Å². The summed E-state index contributed by atoms with van der Waals surface area (Å²) in [5.41, 5.74) is 3.63. The number of allylic oxidation sites excluding steroid dienone is 2. The van der Waals surface area contributed by atoms with E-state index in [0.29, 0.717) is 23.7 Å². The molecule has 0 aliphatic heterocycles. The minimum Gasteiger partial charge on any atom is -0.481 e. The fraction of sp³-hybridized carbons (Fsp3) is 0.259. The summed E-state index contributed by atoms with van der Waals surface area (Å²) in [7, 11) is 0. The number of hydrogen-bond donors (Lipinski definition) is 3. The zero-order valence-electron chi connectivity index (χ0n) is 20.0. The third-order valence-corrected chi connectivity index (χ3v) is 7.81. The Balaban J connectivity index is 1.33. The second-order valence-electron chi connectivity index (χ2n) is 8.64. The number of anilines is 2. The van der Waals surface area contributed by atoms with Gasteiger partial charge in [-0.25, -0.2) is 4.98 Å². The summed E-state index contributed by atoms with van der Waals surface area (Å²) >= 11 is 2.79. The second kappa shape index (κ2) is 11.5. The van der Waals surface area contributed by atoms with E-state index in [-0.39, 0.29) is 17.6 Å². The molecule has 7 nitrogen and oxygen atoms in total. The first kappa shape index (κ1) is 25.7. The highest BCUT2D eigenvalue weighted by Crippen LogP contribution is 2.31. The van der Waals surface area contributed by atoms with Gasteiger partial charge in [-0.05, 0) is 44.9 Å². The van der Waals surface area contributed by atoms with Crippen LogP contribution < -0.4 is 10.6 Å². The van der Waals surface area contributed by atoms with Crippen LogP contribution in [0, 0.1) is 25.7 Å². The molecule has 0 spiro atoms. The van der Waals surface area contributed by atoms with Crippen LogP contribution in [-0.4, -0.2) is 33.6 Å². The van der Waals surface area contributed by atoms with Crippen molar-refractivity contribution >= 4 is 51.7 Å². The van der Waals surface area contributed by atoms with Crippen LogP contribution in [0.4, 0.5) is 10.8 Å². The molecular formula is C27H27N3O4S2. The number of aryl methyl sites for hydroxylation is 2. The van der Waals surface area contributed by atoms with Crippen molar-refractivity contribution in [2.75, 3.05) is 16.4 Å². The first-order valence-electron chi connectivity index (χ1n) is 11.6. The molecule has 3 aromatic rings. The topological polar surface area (TPSA) is 108 Å². The molecule has 2 atom stereocenters. The number of thiazole rings is 1. The number of nitrogens with zero attached hydrogens (tertiary/aromatic N) is 1. The van der Waals surface area contributed by atoms with Crippen molar-refractivity contribution in [2.24, 2.45) is 11.8 Å². The SMILES string of the molecule is Cc1ccc(-c2nc(NC(=O)CSc3cccc(NC(=O)C4CC=CCC4C(=O)O)c3)sc2C)cc1. The van der Waals surface area contributed by atoms with Gasteiger partial charge in [-0.2, -0.15) is 0 Å². The summed E-state index contributed by atoms with van der Waals surface area (Å²) in [5, 5.41) is 15.7. The van der Waals surface area contributed by atoms with Crippen molar-refractivity contribution in [1.82, 2.24) is 4.98 Å². The van der Waals surface area contributed by atoms with Crippen molar-refractivity contribution in [3.05, 3.63) is 71.1 Å². The van der Waals surface area contributed by atoms with Crippen LogP contribution in [0.15, 0.2) is 65.6 Å². The number of carboxylic acid groups (broad SMARTS) is 1. The Morgan fingerprint density at radius 1 is 1.03 bits per heavy atom. The number of carboxylic acids is 1. The molecule has 2 aromatic carbocycles. The van der Waals surface area contributed by atoms with Gasteiger partial charge in [0.2, 0.25) is 11.8 Å². The lowest BCUT2D eigenvalue weighted by molar-refractivity contribution is -0.146. The Kier molecular flexibility index (Phi) is 8.22. The Labute approximate surface area is 218 Å². The summed E-state index contributed by atoms with van der Waals surface area (Å²) in [5.74, 6) is -2.59. The summed E-state index contributed by atoms with van der Waals surface area (Å²) < 4.78 is 0. The number of aliphatic carboxylic acids is 1. The molecule has 0 saturated carbocycles. The fourth-order valence-electron chi connectivity index (χ4n) is 4.01. The van der Waals surface area contributed by atoms with Crippen LogP contribution in [0.5, 0.6) is 0 Å². The summed E-state index contributed by atoms with van der Waals surface area (Å²) in [6, 6.07) is 15.3. The molecule has 36 heavy (non-hydrogen) atoms. The highest BCUT2D eigenvalue weighted by atomic mass is 32.2. The van der Waals surface area contributed by atoms with Crippen LogP contribution in [0.25, 0.3) is 11.3 Å². The lowest BCUT2D eigenvalue weighted by atomic mass is 9.82. The zero-order chi connectivity index (χ0) is 25.7. The van der Waals surface area contributed by atoms with Gasteiger partial charge in [0.25, 0.3) is 0 Å². The molecule has 0 radical (unpaired) electrons. The predicted molar refractivity (Wildman–Crippen MR) is 144 cm³/mol. The molecule has 2 unspecified atom stereocenters. The van der Waals surface area contributed by atoms with Crippen molar-refractivity contribution in [3.8, 4) is 11.3 Å². The predicted octanol–water partition coefficient (Wildman–Crippen LogP) is 5.76. The van der Waals surface area contributed by atoms with E-state index in [1.165, 1.54) is 28.7 Å². The molecule has 3 N–H and O–H groups in total. The third kappa shape index (κ3) is 6.41. The maximum Gasteiger partial charge on any atom is 0.307 e. The smallest absolute Gasteiger partial charge is 0.307 e. The number of hydrogen-bond acceptors (Lipinski definition) is 6. The van der Waals surface area contributed by atoms with Crippen LogP contribution in [0.2, 0.25) is 0 Å². The molecule has 2 amide bonds. The van der Waals surface area contributed by atoms with Crippen molar-refractivity contribution in [2.45, 2.75) is 31.6 Å². The largest absolute Gasteiger partial charge is 0.481 e. The summed E-state index contributed by atoms with van der Waals surface area (Å²) in [6.07, 6.45) is 4.41. The minimum absolute atomic E-state index is 0.170. The number of thioether (sulfide) groups is 1. The lowest BCUT2D eigenvalue weighted by Gasteiger charge is -2.24. The van der Waals surface area contributed by atoms with E-state index in [1.54, 1.807) is 24.3 Å². The number of rotatable bonds is 8. The second-order valence-corrected chi connectivity index (χ2v) is 10.9. The number of benzene rings is 2. The van der Waals surface area contributed by atoms with Gasteiger partial charge in [-0.3, -0.25) is 14.4 Å². The molecule has 9 heteroatoms. The first-order chi connectivity index (χ1) is 17.3. The van der Waals surface area contributed by atoms with E-state index in [9.17, 15) is 19.5 Å². The average Bonchev–Trinajstić information content (AvgIpc) is 3.23. The molecule has 1 aliphatic carbocycles. The molecular weight excluding hydrogens is 494 g/mol. The zero-order valence-corrected chi connectivity index (χ0v) is 21.6. The average molecular weight is 522 g/mol. The Hall–Kier alpha value is -3.43. The summed E-state index contributed by atoms with van der Waals surface area (Å²) in [6.45, 7) is 4.02. The Morgan fingerprint density at radius 2 is 1.75 bits per heavy atom. The Bertz CT molecular complexity index is 1300. The first-order valence-corrected chi connectivity index (χ1v) is 13.4. The van der Waals surface area contributed by atoms with Crippen molar-refractivity contribution < 1.29 is 19.5 Å². The van der Waals surface area contributed by atoms with Gasteiger partial charge in [0, 0.05) is 21.0 Å². The van der Waals surface area contributed by atoms with Gasteiger partial charge in [-0.1, -0.05) is 48.0 Å². The molecule has 1 aromatic heterocycles. The summed E-state index contributed by atoms with van der Waals surface area (Å²) in [4.78, 5) is 43.2. The highest BCUT2D eigenvalue weighted by Gasteiger charge is 2.33. The maximum absolute atomic E-state index is 12.7. The van der Waals surface area contributed by atoms with E-state index in [4.69, 9.17) is 0 Å². The quantitative estimate of drug-likeness (QED) is 0.257. The van der Waals surface area contributed by atoms with Gasteiger partial charge in [-0.15, -0.1) is 23.1 Å². The van der Waals surface area contributed by atoms with E-state index in [0.717, 1.165) is 21.0 Å². The highest BCUT2D eigenvalue weighted by molar-refractivity contribution is 8.00. The molecule has 186 valence electrons. The maximum atomic E-state index is 12.7. The van der Waals surface area contributed by atoms with E-state index < -0.39 is 17.8 Å². The van der Waals surface area contributed by atoms with Gasteiger partial charge in [0.1, 0.15) is 0 Å². The van der Waals surface area contributed by atoms with Gasteiger partial charge >= 0.3 is 5.97 Å². The van der Waals surface area contributed by atoms with Crippen LogP contribution in [0.3, 0.4) is 0 Å². The van der Waals surface area contributed by atoms with Crippen molar-refractivity contribution in [3.63, 3.8) is 0 Å². The molecule has 1 aliphatic rings. The Morgan fingerprint density at radius 3 is 2.47 bits per heavy atom. The van der Waals surface area contributed by atoms with Crippen molar-refractivity contribution in [1.29, 1.82) is 0 Å². The van der Waals surface area contributed by atoms with E-state index in [1.807, 2.05) is 50.3 Å². The number of aromatic nitrogens is 1. The minimum atomic E-state index is -0.962.